The van der Waals surface area contributed by atoms with E-state index in [1.165, 1.54) is 0 Å². The average molecular weight is 162 g/mol. The third kappa shape index (κ3) is 40.8. The Morgan fingerprint density at radius 1 is 1.36 bits per heavy atom. The number of ether oxygens (including phenoxy) is 2. The predicted octanol–water partition coefficient (Wildman–Crippen LogP) is 0.809. The van der Waals surface area contributed by atoms with E-state index < -0.39 is 0 Å². The highest BCUT2D eigenvalue weighted by Crippen LogP contribution is 2.04. The molecule has 0 aromatic rings. The summed E-state index contributed by atoms with van der Waals surface area (Å²) in [7, 11) is 0. The Kier molecular flexibility index (Phi) is 6.51. The molecular weight excluding hydrogens is 144 g/mol. The molecule has 3 heteroatoms. The van der Waals surface area contributed by atoms with Crippen LogP contribution in [0.4, 0.5) is 0 Å². The quantitative estimate of drug-likeness (QED) is 0.536. The lowest BCUT2D eigenvalue weighted by atomic mass is 10.5. The van der Waals surface area contributed by atoms with Crippen molar-refractivity contribution in [2.75, 3.05) is 19.8 Å². The minimum Gasteiger partial charge on any atom is -0.394 e. The highest BCUT2D eigenvalue weighted by Gasteiger charge is 2.13. The summed E-state index contributed by atoms with van der Waals surface area (Å²) in [6.45, 7) is 8.49. The van der Waals surface area contributed by atoms with Crippen molar-refractivity contribution in [3.63, 3.8) is 0 Å². The number of epoxide rings is 2. The van der Waals surface area contributed by atoms with Gasteiger partial charge < -0.3 is 14.6 Å². The monoisotopic (exact) mass is 162 g/mol. The number of hydrogen-bond acceptors (Lipinski definition) is 3. The van der Waals surface area contributed by atoms with Gasteiger partial charge in [0.2, 0.25) is 0 Å². The standard InChI is InChI=1S/C3H6O.C3H8O.C2H4O/c1-3-2-4-3;1-3(2)4;1-2-3-1/h3H,2H2,1H3;3-4H,1-2H3;1-2H2. The van der Waals surface area contributed by atoms with Gasteiger partial charge >= 0.3 is 0 Å². The van der Waals surface area contributed by atoms with Gasteiger partial charge in [-0.25, -0.2) is 0 Å². The number of rotatable bonds is 0. The van der Waals surface area contributed by atoms with Gasteiger partial charge in [0.1, 0.15) is 0 Å². The summed E-state index contributed by atoms with van der Waals surface area (Å²) < 4.78 is 9.21. The molecule has 0 spiro atoms. The van der Waals surface area contributed by atoms with E-state index in [0.29, 0.717) is 6.10 Å². The topological polar surface area (TPSA) is 45.3 Å². The second kappa shape index (κ2) is 6.58. The zero-order valence-corrected chi connectivity index (χ0v) is 7.54. The van der Waals surface area contributed by atoms with Crippen LogP contribution in [0, 0.1) is 0 Å². The van der Waals surface area contributed by atoms with Crippen molar-refractivity contribution < 1.29 is 14.6 Å². The first-order valence-electron chi connectivity index (χ1n) is 4.00. The van der Waals surface area contributed by atoms with E-state index in [1.807, 2.05) is 0 Å². The molecule has 1 N–H and O–H groups in total. The predicted molar refractivity (Wildman–Crippen MR) is 43.6 cm³/mol. The van der Waals surface area contributed by atoms with E-state index >= 15 is 0 Å². The lowest BCUT2D eigenvalue weighted by Gasteiger charge is -1.80. The molecule has 68 valence electrons. The Morgan fingerprint density at radius 3 is 1.55 bits per heavy atom. The van der Waals surface area contributed by atoms with Crippen molar-refractivity contribution in [1.82, 2.24) is 0 Å². The highest BCUT2D eigenvalue weighted by molar-refractivity contribution is 4.58. The molecule has 0 amide bonds. The smallest absolute Gasteiger partial charge is 0.0781 e. The lowest BCUT2D eigenvalue weighted by Crippen LogP contribution is -1.85. The molecule has 0 aliphatic carbocycles. The maximum Gasteiger partial charge on any atom is 0.0781 e. The molecule has 0 bridgehead atoms. The van der Waals surface area contributed by atoms with Gasteiger partial charge in [-0.3, -0.25) is 0 Å². The van der Waals surface area contributed by atoms with Crippen LogP contribution in [-0.4, -0.2) is 37.1 Å². The fourth-order valence-electron chi connectivity index (χ4n) is 0.0962. The Bertz CT molecular complexity index is 71.9. The fourth-order valence-corrected chi connectivity index (χ4v) is 0.0962. The van der Waals surface area contributed by atoms with Crippen molar-refractivity contribution in [2.24, 2.45) is 0 Å². The Morgan fingerprint density at radius 2 is 1.55 bits per heavy atom. The first kappa shape index (κ1) is 10.9. The van der Waals surface area contributed by atoms with E-state index in [1.54, 1.807) is 13.8 Å². The maximum atomic E-state index is 8.06. The van der Waals surface area contributed by atoms with Gasteiger partial charge in [0.05, 0.1) is 25.9 Å². The van der Waals surface area contributed by atoms with Crippen molar-refractivity contribution in [2.45, 2.75) is 33.0 Å². The van der Waals surface area contributed by atoms with Gasteiger partial charge in [-0.15, -0.1) is 0 Å². The van der Waals surface area contributed by atoms with E-state index in [9.17, 15) is 0 Å². The largest absolute Gasteiger partial charge is 0.394 e. The minimum absolute atomic E-state index is 0.167. The molecule has 0 saturated carbocycles. The molecular formula is C8H18O3. The van der Waals surface area contributed by atoms with E-state index in [2.05, 4.69) is 11.7 Å². The Labute approximate surface area is 68.3 Å². The third-order valence-corrected chi connectivity index (χ3v) is 0.704. The molecule has 2 aliphatic heterocycles. The molecule has 2 aliphatic rings. The first-order valence-corrected chi connectivity index (χ1v) is 4.00. The van der Waals surface area contributed by atoms with Crippen LogP contribution in [0.3, 0.4) is 0 Å². The summed E-state index contributed by atoms with van der Waals surface area (Å²) in [5, 5.41) is 8.06. The Hall–Kier alpha value is -0.120. The van der Waals surface area contributed by atoms with Crippen LogP contribution < -0.4 is 0 Å². The minimum atomic E-state index is -0.167. The van der Waals surface area contributed by atoms with Gasteiger partial charge in [-0.2, -0.15) is 0 Å². The molecule has 2 saturated heterocycles. The summed E-state index contributed by atoms with van der Waals surface area (Å²) in [5.74, 6) is 0. The maximum absolute atomic E-state index is 8.06. The zero-order valence-electron chi connectivity index (χ0n) is 7.54. The molecule has 1 unspecified atom stereocenters. The van der Waals surface area contributed by atoms with Crippen LogP contribution in [0.1, 0.15) is 20.8 Å². The summed E-state index contributed by atoms with van der Waals surface area (Å²) in [6, 6.07) is 0. The van der Waals surface area contributed by atoms with E-state index in [4.69, 9.17) is 9.84 Å². The SMILES string of the molecule is C1CO1.CC(C)O.CC1CO1. The molecule has 2 heterocycles. The normalized spacial score (nSPS) is 24.3. The highest BCUT2D eigenvalue weighted by atomic mass is 16.6. The van der Waals surface area contributed by atoms with Crippen LogP contribution in [-0.2, 0) is 9.47 Å². The fraction of sp³-hybridized carbons (Fsp3) is 1.00. The molecule has 2 rings (SSSR count). The van der Waals surface area contributed by atoms with Crippen molar-refractivity contribution in [3.8, 4) is 0 Å². The van der Waals surface area contributed by atoms with Crippen LogP contribution in [0.5, 0.6) is 0 Å². The second-order valence-corrected chi connectivity index (χ2v) is 2.85. The van der Waals surface area contributed by atoms with Crippen LogP contribution in [0.25, 0.3) is 0 Å². The van der Waals surface area contributed by atoms with Crippen molar-refractivity contribution in [1.29, 1.82) is 0 Å². The average Bonchev–Trinajstić information content (AvgIpc) is 2.58. The molecule has 11 heavy (non-hydrogen) atoms. The summed E-state index contributed by atoms with van der Waals surface area (Å²) in [4.78, 5) is 0. The number of aliphatic hydroxyl groups is 1. The third-order valence-electron chi connectivity index (χ3n) is 0.704. The summed E-state index contributed by atoms with van der Waals surface area (Å²) in [5.41, 5.74) is 0. The van der Waals surface area contributed by atoms with E-state index in [-0.39, 0.29) is 6.10 Å². The molecule has 0 aromatic carbocycles. The molecule has 1 atom stereocenters. The zero-order chi connectivity index (χ0) is 8.69. The molecule has 2 fully saturated rings. The number of hydrogen-bond donors (Lipinski definition) is 1. The van der Waals surface area contributed by atoms with Gasteiger partial charge in [0.25, 0.3) is 0 Å². The van der Waals surface area contributed by atoms with Crippen LogP contribution in [0.15, 0.2) is 0 Å². The van der Waals surface area contributed by atoms with Gasteiger partial charge in [-0.05, 0) is 20.8 Å². The number of aliphatic hydroxyl groups excluding tert-OH is 1. The first-order chi connectivity index (χ1) is 5.13. The van der Waals surface area contributed by atoms with Crippen molar-refractivity contribution in [3.05, 3.63) is 0 Å². The van der Waals surface area contributed by atoms with Gasteiger partial charge in [0, 0.05) is 6.10 Å². The second-order valence-electron chi connectivity index (χ2n) is 2.85. The van der Waals surface area contributed by atoms with Crippen LogP contribution >= 0.6 is 0 Å². The van der Waals surface area contributed by atoms with Gasteiger partial charge in [0.15, 0.2) is 0 Å². The lowest BCUT2D eigenvalue weighted by molar-refractivity contribution is 0.216. The van der Waals surface area contributed by atoms with E-state index in [0.717, 1.165) is 19.8 Å². The summed E-state index contributed by atoms with van der Waals surface area (Å²) >= 11 is 0. The van der Waals surface area contributed by atoms with Crippen molar-refractivity contribution >= 4 is 0 Å². The van der Waals surface area contributed by atoms with Crippen LogP contribution in [0.2, 0.25) is 0 Å². The Balaban J connectivity index is 0.000000137. The van der Waals surface area contributed by atoms with Gasteiger partial charge in [-0.1, -0.05) is 0 Å². The molecule has 0 radical (unpaired) electrons. The molecule has 3 nitrogen and oxygen atoms in total. The molecule has 0 aromatic heterocycles. The summed E-state index contributed by atoms with van der Waals surface area (Å²) in [6.07, 6.45) is 0.417.